The summed E-state index contributed by atoms with van der Waals surface area (Å²) in [6, 6.07) is 28.3. The van der Waals surface area contributed by atoms with Gasteiger partial charge >= 0.3 is 0 Å². The summed E-state index contributed by atoms with van der Waals surface area (Å²) in [4.78, 5) is 13.6. The Labute approximate surface area is 217 Å². The van der Waals surface area contributed by atoms with Crippen molar-refractivity contribution in [3.63, 3.8) is 0 Å². The maximum absolute atomic E-state index is 12.7. The molecule has 9 heteroatoms. The number of aromatic nitrogens is 3. The molecule has 180 valence electrons. The van der Waals surface area contributed by atoms with Gasteiger partial charge in [0, 0.05) is 21.6 Å². The normalized spacial score (nSPS) is 12.1. The van der Waals surface area contributed by atoms with Crippen molar-refractivity contribution in [2.75, 3.05) is 5.32 Å². The van der Waals surface area contributed by atoms with Crippen molar-refractivity contribution in [1.29, 1.82) is 0 Å². The van der Waals surface area contributed by atoms with Gasteiger partial charge in [-0.3, -0.25) is 9.36 Å². The smallest absolute Gasteiger partial charge is 0.253 e. The first kappa shape index (κ1) is 23.8. The van der Waals surface area contributed by atoms with Gasteiger partial charge in [-0.2, -0.15) is 5.10 Å². The Morgan fingerprint density at radius 3 is 2.67 bits per heavy atom. The Balaban J connectivity index is 1.35. The SMILES string of the molecule is C[C@H](Sc1nnc(CNc2cccc3ccccc23)n1-c1ccccc1)C(=O)N/N=C\c1cccs1. The van der Waals surface area contributed by atoms with Crippen LogP contribution in [0.2, 0.25) is 0 Å². The number of thioether (sulfide) groups is 1. The molecule has 2 heterocycles. The maximum atomic E-state index is 12.7. The van der Waals surface area contributed by atoms with Crippen molar-refractivity contribution in [1.82, 2.24) is 20.2 Å². The lowest BCUT2D eigenvalue weighted by Gasteiger charge is -2.14. The van der Waals surface area contributed by atoms with Crippen LogP contribution in [0.1, 0.15) is 17.6 Å². The lowest BCUT2D eigenvalue weighted by molar-refractivity contribution is -0.120. The molecule has 7 nitrogen and oxygen atoms in total. The van der Waals surface area contributed by atoms with Crippen LogP contribution in [-0.2, 0) is 11.3 Å². The minimum atomic E-state index is -0.420. The van der Waals surface area contributed by atoms with E-state index in [1.807, 2.05) is 77.5 Å². The Morgan fingerprint density at radius 1 is 1.03 bits per heavy atom. The number of carbonyl (C=O) groups excluding carboxylic acids is 1. The highest BCUT2D eigenvalue weighted by Crippen LogP contribution is 2.27. The molecule has 0 saturated heterocycles. The molecule has 0 aliphatic carbocycles. The number of thiophene rings is 1. The van der Waals surface area contributed by atoms with Crippen molar-refractivity contribution in [3.8, 4) is 5.69 Å². The second kappa shape index (κ2) is 11.2. The first-order chi connectivity index (χ1) is 17.7. The molecule has 0 spiro atoms. The van der Waals surface area contributed by atoms with E-state index in [0.717, 1.165) is 27.5 Å². The Morgan fingerprint density at radius 2 is 1.83 bits per heavy atom. The summed E-state index contributed by atoms with van der Waals surface area (Å²) < 4.78 is 1.99. The van der Waals surface area contributed by atoms with Crippen LogP contribution in [0.3, 0.4) is 0 Å². The molecule has 0 aliphatic rings. The zero-order valence-corrected chi connectivity index (χ0v) is 21.2. The molecular formula is C27H24N6OS2. The molecule has 0 saturated carbocycles. The van der Waals surface area contributed by atoms with E-state index in [1.165, 1.54) is 17.1 Å². The summed E-state index contributed by atoms with van der Waals surface area (Å²) in [5.41, 5.74) is 4.58. The fourth-order valence-electron chi connectivity index (χ4n) is 3.71. The third-order valence-corrected chi connectivity index (χ3v) is 7.35. The second-order valence-corrected chi connectivity index (χ2v) is 10.2. The molecular weight excluding hydrogens is 488 g/mol. The molecule has 2 aromatic heterocycles. The number of hydrogen-bond donors (Lipinski definition) is 2. The van der Waals surface area contributed by atoms with Gasteiger partial charge in [0.05, 0.1) is 18.0 Å². The monoisotopic (exact) mass is 512 g/mol. The molecule has 5 rings (SSSR count). The molecule has 1 atom stereocenters. The quantitative estimate of drug-likeness (QED) is 0.150. The molecule has 0 aliphatic heterocycles. The van der Waals surface area contributed by atoms with Crippen LogP contribution >= 0.6 is 23.1 Å². The van der Waals surface area contributed by atoms with E-state index in [4.69, 9.17) is 0 Å². The highest BCUT2D eigenvalue weighted by Gasteiger charge is 2.21. The van der Waals surface area contributed by atoms with E-state index in [2.05, 4.69) is 50.3 Å². The molecule has 0 unspecified atom stereocenters. The Kier molecular flexibility index (Phi) is 7.39. The lowest BCUT2D eigenvalue weighted by atomic mass is 10.1. The van der Waals surface area contributed by atoms with Crippen molar-refractivity contribution in [2.24, 2.45) is 5.10 Å². The summed E-state index contributed by atoms with van der Waals surface area (Å²) in [7, 11) is 0. The first-order valence-corrected chi connectivity index (χ1v) is 13.2. The Hall–Kier alpha value is -3.95. The molecule has 3 aromatic carbocycles. The topological polar surface area (TPSA) is 84.2 Å². The van der Waals surface area contributed by atoms with Crippen LogP contribution in [0.25, 0.3) is 16.5 Å². The Bertz CT molecular complexity index is 1480. The van der Waals surface area contributed by atoms with Gasteiger partial charge in [0.2, 0.25) is 0 Å². The number of para-hydroxylation sites is 1. The van der Waals surface area contributed by atoms with Gasteiger partial charge in [0.1, 0.15) is 0 Å². The van der Waals surface area contributed by atoms with Crippen LogP contribution < -0.4 is 10.7 Å². The largest absolute Gasteiger partial charge is 0.377 e. The van der Waals surface area contributed by atoms with Crippen molar-refractivity contribution >= 4 is 51.7 Å². The second-order valence-electron chi connectivity index (χ2n) is 7.96. The van der Waals surface area contributed by atoms with Crippen LogP contribution in [-0.4, -0.2) is 32.1 Å². The molecule has 0 bridgehead atoms. The molecule has 2 N–H and O–H groups in total. The van der Waals surface area contributed by atoms with Crippen LogP contribution in [0.15, 0.2) is 101 Å². The van der Waals surface area contributed by atoms with Crippen molar-refractivity contribution in [3.05, 3.63) is 101 Å². The molecule has 36 heavy (non-hydrogen) atoms. The third-order valence-electron chi connectivity index (χ3n) is 5.50. The number of nitrogens with zero attached hydrogens (tertiary/aromatic N) is 4. The van der Waals surface area contributed by atoms with Gasteiger partial charge in [-0.15, -0.1) is 21.5 Å². The number of rotatable bonds is 9. The van der Waals surface area contributed by atoms with Crippen LogP contribution in [0.5, 0.6) is 0 Å². The average molecular weight is 513 g/mol. The standard InChI is InChI=1S/C27H24N6OS2/c1-19(26(34)31-29-17-22-13-8-16-35-22)36-27-32-30-25(33(27)21-11-3-2-4-12-21)18-28-24-15-7-10-20-9-5-6-14-23(20)24/h2-17,19,28H,18H2,1H3,(H,31,34)/b29-17-/t19-/m0/s1. The highest BCUT2D eigenvalue weighted by molar-refractivity contribution is 8.00. The molecule has 0 radical (unpaired) electrons. The minimum absolute atomic E-state index is 0.203. The maximum Gasteiger partial charge on any atom is 0.253 e. The summed E-state index contributed by atoms with van der Waals surface area (Å²) in [6.07, 6.45) is 1.64. The van der Waals surface area contributed by atoms with Gasteiger partial charge in [-0.25, -0.2) is 5.43 Å². The average Bonchev–Trinajstić information content (AvgIpc) is 3.58. The molecule has 5 aromatic rings. The predicted molar refractivity (Wildman–Crippen MR) is 148 cm³/mol. The van der Waals surface area contributed by atoms with Crippen molar-refractivity contribution in [2.45, 2.75) is 23.9 Å². The van der Waals surface area contributed by atoms with Gasteiger partial charge in [-0.05, 0) is 42.0 Å². The van der Waals surface area contributed by atoms with Gasteiger partial charge in [-0.1, -0.05) is 72.4 Å². The number of nitrogens with one attached hydrogen (secondary N) is 2. The fourth-order valence-corrected chi connectivity index (χ4v) is 5.17. The van der Waals surface area contributed by atoms with E-state index in [-0.39, 0.29) is 5.91 Å². The number of carbonyl (C=O) groups is 1. The number of hydrogen-bond acceptors (Lipinski definition) is 7. The van der Waals surface area contributed by atoms with Gasteiger partial charge < -0.3 is 5.32 Å². The third kappa shape index (κ3) is 5.48. The van der Waals surface area contributed by atoms with Gasteiger partial charge in [0.25, 0.3) is 5.91 Å². The zero-order chi connectivity index (χ0) is 24.7. The van der Waals surface area contributed by atoms with E-state index in [9.17, 15) is 4.79 Å². The molecule has 1 amide bonds. The van der Waals surface area contributed by atoms with Crippen LogP contribution in [0, 0.1) is 0 Å². The number of amides is 1. The fraction of sp³-hybridized carbons (Fsp3) is 0.111. The van der Waals surface area contributed by atoms with Gasteiger partial charge in [0.15, 0.2) is 11.0 Å². The summed E-state index contributed by atoms with van der Waals surface area (Å²) >= 11 is 2.90. The zero-order valence-electron chi connectivity index (χ0n) is 19.5. The number of hydrazone groups is 1. The molecule has 0 fully saturated rings. The van der Waals surface area contributed by atoms with E-state index in [1.54, 1.807) is 17.6 Å². The lowest BCUT2D eigenvalue weighted by Crippen LogP contribution is -2.27. The first-order valence-electron chi connectivity index (χ1n) is 11.4. The minimum Gasteiger partial charge on any atom is -0.377 e. The number of anilines is 1. The predicted octanol–water partition coefficient (Wildman–Crippen LogP) is 5.73. The number of benzene rings is 3. The summed E-state index contributed by atoms with van der Waals surface area (Å²) in [5, 5.41) is 21.0. The highest BCUT2D eigenvalue weighted by atomic mass is 32.2. The van der Waals surface area contributed by atoms with Crippen LogP contribution in [0.4, 0.5) is 5.69 Å². The number of fused-ring (bicyclic) bond motifs is 1. The van der Waals surface area contributed by atoms with E-state index >= 15 is 0 Å². The van der Waals surface area contributed by atoms with E-state index < -0.39 is 5.25 Å². The summed E-state index contributed by atoms with van der Waals surface area (Å²) in [5.74, 6) is 0.547. The summed E-state index contributed by atoms with van der Waals surface area (Å²) in [6.45, 7) is 2.31. The van der Waals surface area contributed by atoms with E-state index in [0.29, 0.717) is 11.7 Å². The van der Waals surface area contributed by atoms with Crippen molar-refractivity contribution < 1.29 is 4.79 Å².